The van der Waals surface area contributed by atoms with Crippen LogP contribution >= 0.6 is 38.5 Å². The highest BCUT2D eigenvalue weighted by Gasteiger charge is 2.22. The molecule has 7 heteroatoms. The van der Waals surface area contributed by atoms with Gasteiger partial charge in [0.25, 0.3) is 10.0 Å². The minimum atomic E-state index is -3.70. The van der Waals surface area contributed by atoms with E-state index in [4.69, 9.17) is 0 Å². The lowest BCUT2D eigenvalue weighted by atomic mass is 10.2. The molecule has 1 aromatic heterocycles. The fraction of sp³-hybridized carbons (Fsp3) is 0.0714. The summed E-state index contributed by atoms with van der Waals surface area (Å²) in [6.07, 6.45) is 0. The smallest absolute Gasteiger partial charge is 0.199 e. The maximum Gasteiger partial charge on any atom is 0.283 e. The lowest BCUT2D eigenvalue weighted by molar-refractivity contribution is 0.582. The first kappa shape index (κ1) is 15.0. The fourth-order valence-corrected chi connectivity index (χ4v) is 4.46. The summed E-state index contributed by atoms with van der Waals surface area (Å²) in [4.78, 5) is 0.230. The van der Waals surface area contributed by atoms with Crippen LogP contribution in [0.4, 0.5) is 0 Å². The lowest BCUT2D eigenvalue weighted by Gasteiger charge is -2.06. The number of aryl methyl sites for hydroxylation is 1. The van der Waals surface area contributed by atoms with Crippen molar-refractivity contribution in [2.75, 3.05) is 0 Å². The van der Waals surface area contributed by atoms with E-state index in [-0.39, 0.29) is 4.90 Å². The fourth-order valence-electron chi connectivity index (χ4n) is 2.02. The van der Waals surface area contributed by atoms with Crippen LogP contribution in [0.2, 0.25) is 0 Å². The Morgan fingerprint density at radius 2 is 1.81 bits per heavy atom. The van der Waals surface area contributed by atoms with Crippen LogP contribution in [0.25, 0.3) is 10.9 Å². The van der Waals surface area contributed by atoms with Crippen molar-refractivity contribution in [3.63, 3.8) is 0 Å². The van der Waals surface area contributed by atoms with E-state index in [2.05, 4.69) is 21.0 Å². The van der Waals surface area contributed by atoms with Crippen LogP contribution in [0, 0.1) is 10.6 Å². The van der Waals surface area contributed by atoms with E-state index < -0.39 is 10.0 Å². The second kappa shape index (κ2) is 5.36. The van der Waals surface area contributed by atoms with Gasteiger partial charge in [-0.2, -0.15) is 17.6 Å². The monoisotopic (exact) mass is 476 g/mol. The molecule has 0 saturated carbocycles. The van der Waals surface area contributed by atoms with Crippen LogP contribution in [0.1, 0.15) is 5.56 Å². The predicted molar refractivity (Wildman–Crippen MR) is 93.9 cm³/mol. The number of nitrogens with zero attached hydrogens (tertiary/aromatic N) is 2. The quantitative estimate of drug-likeness (QED) is 0.526. The molecule has 3 rings (SSSR count). The van der Waals surface area contributed by atoms with Gasteiger partial charge in [0.1, 0.15) is 3.70 Å². The third-order valence-electron chi connectivity index (χ3n) is 3.11. The number of hydrogen-bond donors (Lipinski definition) is 0. The molecule has 0 saturated heterocycles. The largest absolute Gasteiger partial charge is 0.283 e. The van der Waals surface area contributed by atoms with Crippen LogP contribution < -0.4 is 0 Å². The van der Waals surface area contributed by atoms with Gasteiger partial charge >= 0.3 is 0 Å². The van der Waals surface area contributed by atoms with E-state index in [9.17, 15) is 8.42 Å². The number of benzene rings is 2. The van der Waals surface area contributed by atoms with Gasteiger partial charge in [0.15, 0.2) is 0 Å². The Kier molecular flexibility index (Phi) is 3.83. The van der Waals surface area contributed by atoms with Crippen molar-refractivity contribution in [3.05, 3.63) is 56.2 Å². The topological polar surface area (TPSA) is 52.0 Å². The van der Waals surface area contributed by atoms with Gasteiger partial charge in [-0.3, -0.25) is 0 Å². The lowest BCUT2D eigenvalue weighted by Crippen LogP contribution is -2.14. The first-order valence-corrected chi connectivity index (χ1v) is 9.37. The molecule has 0 atom stereocenters. The zero-order valence-corrected chi connectivity index (χ0v) is 15.5. The Balaban J connectivity index is 2.28. The molecule has 21 heavy (non-hydrogen) atoms. The Bertz CT molecular complexity index is 934. The summed E-state index contributed by atoms with van der Waals surface area (Å²) in [6.45, 7) is 1.92. The summed E-state index contributed by atoms with van der Waals surface area (Å²) in [5.41, 5.74) is 1.57. The molecule has 0 fully saturated rings. The molecule has 0 aliphatic heterocycles. The third-order valence-corrected chi connectivity index (χ3v) is 6.00. The molecule has 0 bridgehead atoms. The molecular formula is C14H10BrIN2O2S. The molecule has 1 heterocycles. The van der Waals surface area contributed by atoms with Crippen LogP contribution in [-0.4, -0.2) is 17.6 Å². The Labute approximate surface area is 144 Å². The average molecular weight is 477 g/mol. The van der Waals surface area contributed by atoms with Crippen molar-refractivity contribution >= 4 is 59.4 Å². The highest BCUT2D eigenvalue weighted by molar-refractivity contribution is 14.1. The van der Waals surface area contributed by atoms with Gasteiger partial charge in [-0.1, -0.05) is 33.6 Å². The van der Waals surface area contributed by atoms with E-state index in [0.29, 0.717) is 9.22 Å². The zero-order chi connectivity index (χ0) is 15.2. The molecule has 0 unspecified atom stereocenters. The summed E-state index contributed by atoms with van der Waals surface area (Å²) in [5.74, 6) is 0. The van der Waals surface area contributed by atoms with E-state index >= 15 is 0 Å². The molecule has 0 radical (unpaired) electrons. The first-order chi connectivity index (χ1) is 9.89. The molecule has 2 aromatic carbocycles. The summed E-state index contributed by atoms with van der Waals surface area (Å²) in [7, 11) is -3.70. The Morgan fingerprint density at radius 3 is 2.48 bits per heavy atom. The Hall–Kier alpha value is -0.930. The van der Waals surface area contributed by atoms with Crippen LogP contribution in [0.15, 0.2) is 51.8 Å². The molecule has 108 valence electrons. The molecule has 0 aliphatic carbocycles. The molecule has 0 N–H and O–H groups in total. The van der Waals surface area contributed by atoms with Crippen molar-refractivity contribution in [1.29, 1.82) is 0 Å². The highest BCUT2D eigenvalue weighted by Crippen LogP contribution is 2.27. The molecule has 3 aromatic rings. The molecule has 0 aliphatic rings. The van der Waals surface area contributed by atoms with Crippen molar-refractivity contribution < 1.29 is 8.42 Å². The van der Waals surface area contributed by atoms with Crippen LogP contribution in [0.5, 0.6) is 0 Å². The second-order valence-electron chi connectivity index (χ2n) is 4.61. The number of rotatable bonds is 2. The highest BCUT2D eigenvalue weighted by atomic mass is 127. The molecular weight excluding hydrogens is 467 g/mol. The summed E-state index contributed by atoms with van der Waals surface area (Å²) >= 11 is 5.41. The summed E-state index contributed by atoms with van der Waals surface area (Å²) in [5, 5.41) is 5.01. The summed E-state index contributed by atoms with van der Waals surface area (Å²) in [6, 6.07) is 12.2. The van der Waals surface area contributed by atoms with Gasteiger partial charge in [0, 0.05) is 9.86 Å². The number of halogens is 2. The third kappa shape index (κ3) is 2.62. The molecule has 0 amide bonds. The van der Waals surface area contributed by atoms with Crippen LogP contribution in [-0.2, 0) is 10.0 Å². The van der Waals surface area contributed by atoms with Gasteiger partial charge in [0.05, 0.1) is 10.4 Å². The SMILES string of the molecule is Cc1ccc(S(=O)(=O)n2nc(I)c3ccc(Br)cc32)cc1. The zero-order valence-electron chi connectivity index (χ0n) is 10.9. The van der Waals surface area contributed by atoms with E-state index in [0.717, 1.165) is 19.5 Å². The maximum atomic E-state index is 12.8. The minimum absolute atomic E-state index is 0.230. The predicted octanol–water partition coefficient (Wildman–Crippen LogP) is 3.95. The van der Waals surface area contributed by atoms with Crippen molar-refractivity contribution in [1.82, 2.24) is 9.19 Å². The van der Waals surface area contributed by atoms with E-state index in [1.807, 2.05) is 41.6 Å². The molecule has 0 spiro atoms. The minimum Gasteiger partial charge on any atom is -0.199 e. The normalized spacial score (nSPS) is 12.0. The first-order valence-electron chi connectivity index (χ1n) is 6.05. The van der Waals surface area contributed by atoms with Gasteiger partial charge in [-0.25, -0.2) is 0 Å². The van der Waals surface area contributed by atoms with Crippen molar-refractivity contribution in [2.24, 2.45) is 0 Å². The van der Waals surface area contributed by atoms with Gasteiger partial charge < -0.3 is 0 Å². The van der Waals surface area contributed by atoms with Gasteiger partial charge in [-0.05, 0) is 59.8 Å². The van der Waals surface area contributed by atoms with Gasteiger partial charge in [-0.15, -0.1) is 0 Å². The van der Waals surface area contributed by atoms with Gasteiger partial charge in [0.2, 0.25) is 0 Å². The van der Waals surface area contributed by atoms with E-state index in [1.165, 1.54) is 0 Å². The maximum absolute atomic E-state index is 12.8. The average Bonchev–Trinajstić information content (AvgIpc) is 2.76. The van der Waals surface area contributed by atoms with Crippen LogP contribution in [0.3, 0.4) is 0 Å². The standard InChI is InChI=1S/C14H10BrIN2O2S/c1-9-2-5-11(6-3-9)21(19,20)18-13-8-10(15)4-7-12(13)14(16)17-18/h2-8H,1H3. The Morgan fingerprint density at radius 1 is 1.14 bits per heavy atom. The number of fused-ring (bicyclic) bond motifs is 1. The summed E-state index contributed by atoms with van der Waals surface area (Å²) < 4.78 is 28.1. The van der Waals surface area contributed by atoms with Crippen molar-refractivity contribution in [2.45, 2.75) is 11.8 Å². The molecule has 4 nitrogen and oxygen atoms in total. The number of hydrogen-bond acceptors (Lipinski definition) is 3. The second-order valence-corrected chi connectivity index (χ2v) is 8.32. The number of aromatic nitrogens is 2. The van der Waals surface area contributed by atoms with E-state index in [1.54, 1.807) is 30.3 Å². The van der Waals surface area contributed by atoms with Crippen molar-refractivity contribution in [3.8, 4) is 0 Å².